The van der Waals surface area contributed by atoms with E-state index in [0.29, 0.717) is 5.92 Å². The van der Waals surface area contributed by atoms with Gasteiger partial charge >= 0.3 is 0 Å². The Balaban J connectivity index is 2.34. The summed E-state index contributed by atoms with van der Waals surface area (Å²) in [6, 6.07) is 8.65. The molecule has 1 aliphatic rings. The van der Waals surface area contributed by atoms with Gasteiger partial charge in [0.15, 0.2) is 16.6 Å². The van der Waals surface area contributed by atoms with Crippen LogP contribution in [0.15, 0.2) is 24.3 Å². The number of benzene rings is 1. The summed E-state index contributed by atoms with van der Waals surface area (Å²) in [5.74, 6) is 0.394. The van der Waals surface area contributed by atoms with Gasteiger partial charge in [-0.25, -0.2) is 0 Å². The maximum Gasteiger partial charge on any atom is 0.184 e. The topological polar surface area (TPSA) is 18.5 Å². The van der Waals surface area contributed by atoms with Crippen LogP contribution in [0, 0.1) is 5.92 Å². The van der Waals surface area contributed by atoms with Crippen molar-refractivity contribution in [2.45, 2.75) is 58.4 Å². The summed E-state index contributed by atoms with van der Waals surface area (Å²) in [4.78, 5) is 0. The molecule has 0 aliphatic heterocycles. The Hall–Kier alpha value is -0.426. The van der Waals surface area contributed by atoms with Crippen LogP contribution in [0.25, 0.3) is 0 Å². The number of fused-ring (bicyclic) bond motifs is 1. The molecule has 2 unspecified atom stereocenters. The van der Waals surface area contributed by atoms with Crippen LogP contribution in [-0.2, 0) is 8.85 Å². The van der Waals surface area contributed by atoms with Crippen molar-refractivity contribution in [2.75, 3.05) is 0 Å². The van der Waals surface area contributed by atoms with Crippen LogP contribution < -0.4 is 0 Å². The van der Waals surface area contributed by atoms with Crippen LogP contribution in [0.5, 0.6) is 0 Å². The molecule has 0 saturated carbocycles. The van der Waals surface area contributed by atoms with E-state index in [1.807, 2.05) is 0 Å². The van der Waals surface area contributed by atoms with E-state index < -0.39 is 16.6 Å². The van der Waals surface area contributed by atoms with Crippen LogP contribution in [0.2, 0.25) is 39.3 Å². The predicted octanol–water partition coefficient (Wildman–Crippen LogP) is 5.12. The van der Waals surface area contributed by atoms with E-state index in [9.17, 15) is 0 Å². The summed E-state index contributed by atoms with van der Waals surface area (Å²) in [5, 5.41) is 0. The standard InChI is InChI=1S/C16H28O2Si2/c1-12-15(17-19(2,3)4)13-10-8-9-11-14(13)16(12)18-20(5,6)7/h8-12,15-16H,1-7H3. The monoisotopic (exact) mass is 308 g/mol. The minimum absolute atomic E-state index is 0.194. The molecule has 2 nitrogen and oxygen atoms in total. The highest BCUT2D eigenvalue weighted by Crippen LogP contribution is 2.49. The molecule has 0 fully saturated rings. The fraction of sp³-hybridized carbons (Fsp3) is 0.625. The minimum atomic E-state index is -1.56. The van der Waals surface area contributed by atoms with Crippen molar-refractivity contribution in [3.63, 3.8) is 0 Å². The van der Waals surface area contributed by atoms with Crippen molar-refractivity contribution in [1.29, 1.82) is 0 Å². The van der Waals surface area contributed by atoms with Gasteiger partial charge in [-0.15, -0.1) is 0 Å². The van der Waals surface area contributed by atoms with Gasteiger partial charge in [-0.2, -0.15) is 0 Å². The SMILES string of the molecule is CC1C(O[Si](C)(C)C)c2ccccc2C1O[Si](C)(C)C. The first-order valence-electron chi connectivity index (χ1n) is 7.53. The van der Waals surface area contributed by atoms with Gasteiger partial charge in [-0.1, -0.05) is 31.2 Å². The van der Waals surface area contributed by atoms with Gasteiger partial charge in [0.25, 0.3) is 0 Å². The normalized spacial score (nSPS) is 26.6. The molecule has 4 heteroatoms. The molecule has 1 aromatic carbocycles. The highest BCUT2D eigenvalue weighted by molar-refractivity contribution is 6.70. The summed E-state index contributed by atoms with van der Waals surface area (Å²) in [6.07, 6.45) is 0.387. The van der Waals surface area contributed by atoms with Crippen molar-refractivity contribution in [3.05, 3.63) is 35.4 Å². The van der Waals surface area contributed by atoms with E-state index in [1.165, 1.54) is 11.1 Å². The largest absolute Gasteiger partial charge is 0.410 e. The van der Waals surface area contributed by atoms with E-state index in [4.69, 9.17) is 8.85 Å². The first-order chi connectivity index (χ1) is 9.08. The van der Waals surface area contributed by atoms with E-state index in [-0.39, 0.29) is 12.2 Å². The van der Waals surface area contributed by atoms with Gasteiger partial charge in [0.1, 0.15) is 0 Å². The van der Waals surface area contributed by atoms with E-state index >= 15 is 0 Å². The van der Waals surface area contributed by atoms with Crippen molar-refractivity contribution >= 4 is 16.6 Å². The third-order valence-corrected chi connectivity index (χ3v) is 5.45. The molecular formula is C16H28O2Si2. The van der Waals surface area contributed by atoms with Crippen LogP contribution in [0.4, 0.5) is 0 Å². The minimum Gasteiger partial charge on any atom is -0.410 e. The molecular weight excluding hydrogens is 280 g/mol. The smallest absolute Gasteiger partial charge is 0.184 e. The zero-order valence-corrected chi connectivity index (χ0v) is 15.9. The highest BCUT2D eigenvalue weighted by atomic mass is 28.4. The molecule has 0 amide bonds. The average molecular weight is 309 g/mol. The Kier molecular flexibility index (Phi) is 4.31. The Bertz CT molecular complexity index is 431. The summed E-state index contributed by atoms with van der Waals surface area (Å²) < 4.78 is 12.9. The van der Waals surface area contributed by atoms with Gasteiger partial charge in [-0.05, 0) is 50.4 Å². The molecule has 20 heavy (non-hydrogen) atoms. The van der Waals surface area contributed by atoms with Gasteiger partial charge in [0.05, 0.1) is 12.2 Å². The second-order valence-corrected chi connectivity index (χ2v) is 16.7. The molecule has 112 valence electrons. The molecule has 0 N–H and O–H groups in total. The van der Waals surface area contributed by atoms with Crippen molar-refractivity contribution in [1.82, 2.24) is 0 Å². The zero-order valence-electron chi connectivity index (χ0n) is 13.9. The van der Waals surface area contributed by atoms with E-state index in [0.717, 1.165) is 0 Å². The summed E-state index contributed by atoms with van der Waals surface area (Å²) in [5.41, 5.74) is 2.68. The Morgan fingerprint density at radius 1 is 0.750 bits per heavy atom. The third kappa shape index (κ3) is 3.61. The first kappa shape index (κ1) is 16.0. The van der Waals surface area contributed by atoms with Gasteiger partial charge in [-0.3, -0.25) is 0 Å². The molecule has 0 radical (unpaired) electrons. The third-order valence-electron chi connectivity index (χ3n) is 3.53. The van der Waals surface area contributed by atoms with E-state index in [1.54, 1.807) is 0 Å². The van der Waals surface area contributed by atoms with Crippen LogP contribution >= 0.6 is 0 Å². The summed E-state index contributed by atoms with van der Waals surface area (Å²) >= 11 is 0. The highest BCUT2D eigenvalue weighted by Gasteiger charge is 2.42. The lowest BCUT2D eigenvalue weighted by Gasteiger charge is -2.31. The van der Waals surface area contributed by atoms with Crippen molar-refractivity contribution < 1.29 is 8.85 Å². The summed E-state index contributed by atoms with van der Waals surface area (Å²) in [6.45, 7) is 15.8. The Labute approximate surface area is 125 Å². The lowest BCUT2D eigenvalue weighted by atomic mass is 10.0. The quantitative estimate of drug-likeness (QED) is 0.719. The maximum absolute atomic E-state index is 6.46. The molecule has 1 aliphatic carbocycles. The molecule has 0 aromatic heterocycles. The van der Waals surface area contributed by atoms with Gasteiger partial charge in [0.2, 0.25) is 0 Å². The molecule has 0 bridgehead atoms. The first-order valence-corrected chi connectivity index (χ1v) is 14.3. The van der Waals surface area contributed by atoms with Crippen molar-refractivity contribution in [2.24, 2.45) is 5.92 Å². The van der Waals surface area contributed by atoms with E-state index in [2.05, 4.69) is 70.5 Å². The van der Waals surface area contributed by atoms with Gasteiger partial charge < -0.3 is 8.85 Å². The molecule has 2 atom stereocenters. The van der Waals surface area contributed by atoms with Crippen molar-refractivity contribution in [3.8, 4) is 0 Å². The van der Waals surface area contributed by atoms with Crippen LogP contribution in [-0.4, -0.2) is 16.6 Å². The second-order valence-electron chi connectivity index (χ2n) is 7.79. The average Bonchev–Trinajstić information content (AvgIpc) is 2.52. The fourth-order valence-corrected chi connectivity index (χ4v) is 5.06. The Morgan fingerprint density at radius 2 is 1.10 bits per heavy atom. The Morgan fingerprint density at radius 3 is 1.40 bits per heavy atom. The number of rotatable bonds is 4. The molecule has 0 spiro atoms. The molecule has 1 aromatic rings. The predicted molar refractivity (Wildman–Crippen MR) is 90.0 cm³/mol. The molecule has 2 rings (SSSR count). The lowest BCUT2D eigenvalue weighted by molar-refractivity contribution is 0.0658. The maximum atomic E-state index is 6.46. The molecule has 0 heterocycles. The molecule has 0 saturated heterocycles. The number of hydrogen-bond donors (Lipinski definition) is 0. The summed E-state index contributed by atoms with van der Waals surface area (Å²) in [7, 11) is -3.13. The fourth-order valence-electron chi connectivity index (χ4n) is 2.86. The number of hydrogen-bond acceptors (Lipinski definition) is 2. The zero-order chi connectivity index (χ0) is 15.1. The van der Waals surface area contributed by atoms with Crippen LogP contribution in [0.3, 0.4) is 0 Å². The lowest BCUT2D eigenvalue weighted by Crippen LogP contribution is -2.32. The van der Waals surface area contributed by atoms with Crippen LogP contribution in [0.1, 0.15) is 30.3 Å². The second kappa shape index (κ2) is 5.41. The van der Waals surface area contributed by atoms with Gasteiger partial charge in [0, 0.05) is 5.92 Å².